The normalized spacial score (nSPS) is 14.5. The highest BCUT2D eigenvalue weighted by Gasteiger charge is 2.56. The average molecular weight is 684 g/mol. The van der Waals surface area contributed by atoms with Gasteiger partial charge in [0, 0.05) is 45.0 Å². The molecule has 0 amide bonds. The molecule has 0 N–H and O–H groups in total. The summed E-state index contributed by atoms with van der Waals surface area (Å²) in [5, 5.41) is 0. The highest BCUT2D eigenvalue weighted by atomic mass is 16.3. The van der Waals surface area contributed by atoms with Gasteiger partial charge >= 0.3 is 14.0 Å². The van der Waals surface area contributed by atoms with E-state index in [-0.39, 0.29) is 14.0 Å². The van der Waals surface area contributed by atoms with Crippen molar-refractivity contribution in [3.63, 3.8) is 0 Å². The summed E-state index contributed by atoms with van der Waals surface area (Å²) in [5.41, 5.74) is 18.8. The average Bonchev–Trinajstić information content (AvgIpc) is 3.87. The minimum absolute atomic E-state index is 0.212. The monoisotopic (exact) mass is 684 g/mol. The number of rotatable bonds is 4. The number of para-hydroxylation sites is 6. The number of anilines is 8. The van der Waals surface area contributed by atoms with Crippen LogP contribution in [0.3, 0.4) is 0 Å². The van der Waals surface area contributed by atoms with Gasteiger partial charge in [0.2, 0.25) is 0 Å². The second kappa shape index (κ2) is 11.2. The molecular weight excluding hydrogens is 646 g/mol. The van der Waals surface area contributed by atoms with Gasteiger partial charge in [-0.05, 0) is 83.6 Å². The van der Waals surface area contributed by atoms with Crippen LogP contribution in [0.5, 0.6) is 0 Å². The van der Waals surface area contributed by atoms with E-state index in [0.717, 1.165) is 22.7 Å². The molecule has 11 rings (SSSR count). The summed E-state index contributed by atoms with van der Waals surface area (Å²) in [7, 11) is 0. The first-order valence-electron chi connectivity index (χ1n) is 18.9. The molecule has 0 atom stereocenters. The van der Waals surface area contributed by atoms with Crippen LogP contribution in [0.4, 0.5) is 45.5 Å². The van der Waals surface area contributed by atoms with Crippen molar-refractivity contribution in [1.29, 1.82) is 0 Å². The van der Waals surface area contributed by atoms with E-state index in [1.54, 1.807) is 0 Å². The van der Waals surface area contributed by atoms with Gasteiger partial charge in [-0.1, -0.05) is 113 Å². The Labute approximate surface area is 312 Å². The Kier molecular flexibility index (Phi) is 6.46. The molecule has 1 aromatic heterocycles. The largest absolute Gasteiger partial charge is 0.474 e. The Morgan fingerprint density at radius 1 is 0.377 bits per heavy atom. The molecule has 5 nitrogen and oxygen atoms in total. The summed E-state index contributed by atoms with van der Waals surface area (Å²) in [6, 6.07) is 53.7. The van der Waals surface area contributed by atoms with Crippen molar-refractivity contribution < 1.29 is 4.42 Å². The first kappa shape index (κ1) is 30.5. The zero-order valence-electron chi connectivity index (χ0n) is 30.4. The van der Waals surface area contributed by atoms with E-state index in [2.05, 4.69) is 193 Å². The molecule has 6 aromatic carbocycles. The van der Waals surface area contributed by atoms with Crippen LogP contribution in [-0.2, 0) is 0 Å². The van der Waals surface area contributed by atoms with Crippen molar-refractivity contribution >= 4 is 70.8 Å². The Bertz CT molecular complexity index is 2400. The summed E-state index contributed by atoms with van der Waals surface area (Å²) < 4.78 is 7.59. The van der Waals surface area contributed by atoms with Crippen LogP contribution in [-0.4, -0.2) is 14.0 Å². The maximum absolute atomic E-state index is 7.59. The van der Waals surface area contributed by atoms with E-state index < -0.39 is 0 Å². The summed E-state index contributed by atoms with van der Waals surface area (Å²) in [4.78, 5) is 9.96. The second-order valence-electron chi connectivity index (χ2n) is 15.3. The quantitative estimate of drug-likeness (QED) is 0.172. The lowest BCUT2D eigenvalue weighted by Gasteiger charge is -2.35. The number of fused-ring (bicyclic) bond motifs is 17. The number of hydrogen-bond donors (Lipinski definition) is 0. The summed E-state index contributed by atoms with van der Waals surface area (Å²) in [6.45, 7) is 8.59. The lowest BCUT2D eigenvalue weighted by molar-refractivity contribution is 0.631. The van der Waals surface area contributed by atoms with Gasteiger partial charge < -0.3 is 23.7 Å². The predicted octanol–water partition coefficient (Wildman–Crippen LogP) is 10.9. The van der Waals surface area contributed by atoms with Gasteiger partial charge in [-0.15, -0.1) is 0 Å². The highest BCUT2D eigenvalue weighted by Crippen LogP contribution is 2.56. The third kappa shape index (κ3) is 4.16. The van der Waals surface area contributed by atoms with Crippen molar-refractivity contribution in [3.05, 3.63) is 157 Å². The molecule has 254 valence electrons. The Morgan fingerprint density at radius 3 is 1.06 bits per heavy atom. The number of hydrogen-bond acceptors (Lipinski definition) is 5. The van der Waals surface area contributed by atoms with E-state index in [1.165, 1.54) is 67.5 Å². The van der Waals surface area contributed by atoms with Gasteiger partial charge in [0.25, 0.3) is 0 Å². The molecule has 0 saturated carbocycles. The van der Waals surface area contributed by atoms with Crippen molar-refractivity contribution in [2.45, 2.75) is 39.5 Å². The lowest BCUT2D eigenvalue weighted by atomic mass is 9.60. The maximum Gasteiger partial charge on any atom is 0.459 e. The van der Waals surface area contributed by atoms with Gasteiger partial charge in [0.15, 0.2) is 0 Å². The molecule has 0 aliphatic carbocycles. The van der Waals surface area contributed by atoms with E-state index in [4.69, 9.17) is 4.42 Å². The van der Waals surface area contributed by atoms with Gasteiger partial charge in [-0.2, -0.15) is 0 Å². The van der Waals surface area contributed by atoms with Crippen molar-refractivity contribution in [3.8, 4) is 22.3 Å². The molecule has 0 fully saturated rings. The van der Waals surface area contributed by atoms with Gasteiger partial charge in [0.05, 0.1) is 22.7 Å². The molecule has 0 bridgehead atoms. The smallest absolute Gasteiger partial charge is 0.459 e. The summed E-state index contributed by atoms with van der Waals surface area (Å²) in [5.74, 6) is 0.916. The molecule has 53 heavy (non-hydrogen) atoms. The Hall–Kier alpha value is -6.07. The number of benzene rings is 6. The van der Waals surface area contributed by atoms with Gasteiger partial charge in [-0.25, -0.2) is 0 Å². The van der Waals surface area contributed by atoms with Crippen molar-refractivity contribution in [1.82, 2.24) is 0 Å². The zero-order valence-corrected chi connectivity index (χ0v) is 30.4. The van der Waals surface area contributed by atoms with E-state index in [9.17, 15) is 0 Å². The Morgan fingerprint density at radius 2 is 0.698 bits per heavy atom. The van der Waals surface area contributed by atoms with Crippen LogP contribution in [0.1, 0.15) is 50.7 Å². The molecule has 7 heteroatoms. The summed E-state index contributed by atoms with van der Waals surface area (Å²) >= 11 is 0. The lowest BCUT2D eigenvalue weighted by Crippen LogP contribution is -2.56. The van der Waals surface area contributed by atoms with Crippen LogP contribution in [0.15, 0.2) is 150 Å². The van der Waals surface area contributed by atoms with Gasteiger partial charge in [-0.3, -0.25) is 0 Å². The predicted molar refractivity (Wildman–Crippen MR) is 223 cm³/mol. The summed E-state index contributed by atoms with van der Waals surface area (Å²) in [6.07, 6.45) is 0. The molecule has 0 radical (unpaired) electrons. The van der Waals surface area contributed by atoms with Crippen LogP contribution >= 0.6 is 0 Å². The molecule has 0 unspecified atom stereocenters. The van der Waals surface area contributed by atoms with Crippen molar-refractivity contribution in [2.75, 3.05) is 19.2 Å². The number of nitrogens with zero attached hydrogens (tertiary/aromatic N) is 4. The standard InChI is InChI=1S/C46H38B2N4O/c1-29(2)31-21-25-33(26-22-31)49-39-17-9-11-19-41(39)51-37-15-7-5-13-35(37)43-44-36-14-6-8-16-38(36)52-42-20-12-10-18-40(42)50(34-27-23-32(24-28-34)30(3)4)48(52)46(44)53-45(43)47(49)51/h5-30H,1-4H3. The molecule has 4 aliphatic rings. The van der Waals surface area contributed by atoms with Gasteiger partial charge in [0.1, 0.15) is 11.3 Å². The third-order valence-corrected chi connectivity index (χ3v) is 11.8. The minimum atomic E-state index is -0.212. The number of furan rings is 1. The van der Waals surface area contributed by atoms with Crippen LogP contribution in [0.2, 0.25) is 0 Å². The SMILES string of the molecule is CC(C)c1ccc(N2B3c4oc5c(c4-c4ccccc4N3c3ccccc32)-c2ccccc2N2B5N(c3ccc(C(C)C)cc3)c3ccccc32)cc1. The minimum Gasteiger partial charge on any atom is -0.474 e. The molecule has 0 spiro atoms. The first-order valence-corrected chi connectivity index (χ1v) is 18.9. The van der Waals surface area contributed by atoms with E-state index >= 15 is 0 Å². The maximum atomic E-state index is 7.59. The van der Waals surface area contributed by atoms with Crippen LogP contribution < -0.4 is 30.6 Å². The Balaban J connectivity index is 1.19. The molecule has 4 aliphatic heterocycles. The fourth-order valence-corrected chi connectivity index (χ4v) is 9.25. The van der Waals surface area contributed by atoms with Crippen molar-refractivity contribution in [2.24, 2.45) is 0 Å². The molecule has 5 heterocycles. The molecule has 0 saturated heterocycles. The second-order valence-corrected chi connectivity index (χ2v) is 15.3. The fourth-order valence-electron chi connectivity index (χ4n) is 9.25. The fraction of sp³-hybridized carbons (Fsp3) is 0.130. The molecular formula is C46H38B2N4O. The topological polar surface area (TPSA) is 26.1 Å². The third-order valence-electron chi connectivity index (χ3n) is 11.8. The van der Waals surface area contributed by atoms with E-state index in [1.807, 2.05) is 0 Å². The first-order chi connectivity index (χ1) is 26.0. The molecule has 7 aromatic rings. The van der Waals surface area contributed by atoms with E-state index in [0.29, 0.717) is 11.8 Å². The highest BCUT2D eigenvalue weighted by molar-refractivity contribution is 6.89. The van der Waals surface area contributed by atoms with Crippen LogP contribution in [0, 0.1) is 0 Å². The van der Waals surface area contributed by atoms with Crippen LogP contribution in [0.25, 0.3) is 22.3 Å². The zero-order chi connectivity index (χ0) is 35.5.